The molecule has 1 aliphatic rings. The molecule has 3 rings (SSSR count). The zero-order chi connectivity index (χ0) is 16.9. The molecule has 1 aromatic heterocycles. The predicted octanol–water partition coefficient (Wildman–Crippen LogP) is 2.94. The average molecular weight is 325 g/mol. The molecule has 0 aliphatic carbocycles. The van der Waals surface area contributed by atoms with E-state index in [4.69, 9.17) is 4.74 Å². The second-order valence-corrected chi connectivity index (χ2v) is 6.26. The number of hydrogen-bond donors (Lipinski definition) is 1. The van der Waals surface area contributed by atoms with E-state index < -0.39 is 0 Å². The molecule has 24 heavy (non-hydrogen) atoms. The van der Waals surface area contributed by atoms with Crippen LogP contribution < -0.4 is 5.32 Å². The van der Waals surface area contributed by atoms with Gasteiger partial charge in [0.05, 0.1) is 12.2 Å². The zero-order valence-corrected chi connectivity index (χ0v) is 14.1. The minimum absolute atomic E-state index is 0.0656. The minimum atomic E-state index is 0.0656. The number of nitrogens with one attached hydrogen (secondary N) is 1. The van der Waals surface area contributed by atoms with Gasteiger partial charge in [0.2, 0.25) is 0 Å². The number of morpholine rings is 1. The third-order valence-electron chi connectivity index (χ3n) is 4.06. The Balaban J connectivity index is 1.60. The molecular formula is C19H23N3O2. The number of rotatable bonds is 4. The van der Waals surface area contributed by atoms with Gasteiger partial charge in [0, 0.05) is 43.3 Å². The molecule has 0 saturated carbocycles. The summed E-state index contributed by atoms with van der Waals surface area (Å²) in [5.74, 6) is 0.0656. The molecular weight excluding hydrogens is 302 g/mol. The molecule has 1 saturated heterocycles. The lowest BCUT2D eigenvalue weighted by Crippen LogP contribution is -2.48. The molecule has 1 amide bonds. The summed E-state index contributed by atoms with van der Waals surface area (Å²) in [6.45, 7) is 6.00. The largest absolute Gasteiger partial charge is 0.381 e. The second kappa shape index (κ2) is 7.45. The summed E-state index contributed by atoms with van der Waals surface area (Å²) in [5, 5.41) is 3.34. The van der Waals surface area contributed by atoms with Crippen molar-refractivity contribution >= 4 is 11.6 Å². The van der Waals surface area contributed by atoms with Crippen LogP contribution in [0.4, 0.5) is 5.69 Å². The van der Waals surface area contributed by atoms with E-state index in [-0.39, 0.29) is 18.1 Å². The highest BCUT2D eigenvalue weighted by atomic mass is 16.5. The van der Waals surface area contributed by atoms with Crippen LogP contribution in [-0.2, 0) is 11.3 Å². The summed E-state index contributed by atoms with van der Waals surface area (Å²) in [5.41, 5.74) is 2.82. The Kier molecular flexibility index (Phi) is 5.11. The number of hydrogen-bond acceptors (Lipinski definition) is 4. The van der Waals surface area contributed by atoms with Gasteiger partial charge in [0.1, 0.15) is 0 Å². The molecule has 0 unspecified atom stereocenters. The maximum Gasteiger partial charge on any atom is 0.254 e. The van der Waals surface area contributed by atoms with Crippen molar-refractivity contribution in [2.24, 2.45) is 0 Å². The van der Waals surface area contributed by atoms with Crippen LogP contribution >= 0.6 is 0 Å². The maximum absolute atomic E-state index is 12.6. The van der Waals surface area contributed by atoms with Crippen LogP contribution in [0.25, 0.3) is 0 Å². The highest BCUT2D eigenvalue weighted by Crippen LogP contribution is 2.16. The van der Waals surface area contributed by atoms with E-state index in [9.17, 15) is 4.79 Å². The smallest absolute Gasteiger partial charge is 0.254 e. The Labute approximate surface area is 142 Å². The fourth-order valence-electron chi connectivity index (χ4n) is 2.96. The van der Waals surface area contributed by atoms with Gasteiger partial charge in [-0.05, 0) is 49.7 Å². The lowest BCUT2D eigenvalue weighted by molar-refractivity contribution is -0.0586. The summed E-state index contributed by atoms with van der Waals surface area (Å²) in [6, 6.07) is 11.6. The van der Waals surface area contributed by atoms with E-state index in [1.54, 1.807) is 6.20 Å². The molecule has 1 fully saturated rings. The number of carbonyl (C=O) groups is 1. The van der Waals surface area contributed by atoms with Crippen LogP contribution in [0.2, 0.25) is 0 Å². The molecule has 2 atom stereocenters. The molecule has 2 heterocycles. The second-order valence-electron chi connectivity index (χ2n) is 6.26. The van der Waals surface area contributed by atoms with Gasteiger partial charge < -0.3 is 15.0 Å². The maximum atomic E-state index is 12.6. The Bertz CT molecular complexity index is 663. The van der Waals surface area contributed by atoms with Crippen molar-refractivity contribution in [3.05, 3.63) is 59.9 Å². The first kappa shape index (κ1) is 16.5. The van der Waals surface area contributed by atoms with Gasteiger partial charge in [0.25, 0.3) is 5.91 Å². The van der Waals surface area contributed by atoms with Crippen molar-refractivity contribution in [3.8, 4) is 0 Å². The molecule has 0 bridgehead atoms. The van der Waals surface area contributed by atoms with Crippen LogP contribution in [-0.4, -0.2) is 41.1 Å². The first-order chi connectivity index (χ1) is 11.6. The third kappa shape index (κ3) is 4.11. The highest BCUT2D eigenvalue weighted by molar-refractivity contribution is 5.94. The van der Waals surface area contributed by atoms with Gasteiger partial charge in [-0.3, -0.25) is 9.78 Å². The van der Waals surface area contributed by atoms with Crippen molar-refractivity contribution in [2.75, 3.05) is 18.4 Å². The Hall–Kier alpha value is -2.40. The number of carbonyl (C=O) groups excluding carboxylic acids is 1. The SMILES string of the molecule is C[C@@H]1CN(C(=O)c2ccc(NCc3cccnc3)cc2)C[C@@H](C)O1. The lowest BCUT2D eigenvalue weighted by Gasteiger charge is -2.35. The van der Waals surface area contributed by atoms with Gasteiger partial charge in [-0.25, -0.2) is 0 Å². The topological polar surface area (TPSA) is 54.5 Å². The number of amides is 1. The molecule has 0 spiro atoms. The third-order valence-corrected chi connectivity index (χ3v) is 4.06. The molecule has 1 aromatic carbocycles. The lowest BCUT2D eigenvalue weighted by atomic mass is 10.1. The standard InChI is InChI=1S/C19H23N3O2/c1-14-12-22(13-15(2)24-14)19(23)17-5-7-18(8-6-17)21-11-16-4-3-9-20-10-16/h3-10,14-15,21H,11-13H2,1-2H3/t14-,15-/m1/s1. The van der Waals surface area contributed by atoms with Crippen LogP contribution in [0.15, 0.2) is 48.8 Å². The van der Waals surface area contributed by atoms with Crippen molar-refractivity contribution < 1.29 is 9.53 Å². The Morgan fingerprint density at radius 1 is 1.21 bits per heavy atom. The number of nitrogens with zero attached hydrogens (tertiary/aromatic N) is 2. The normalized spacial score (nSPS) is 20.7. The average Bonchev–Trinajstić information content (AvgIpc) is 2.60. The van der Waals surface area contributed by atoms with Crippen molar-refractivity contribution in [3.63, 3.8) is 0 Å². The molecule has 5 nitrogen and oxygen atoms in total. The summed E-state index contributed by atoms with van der Waals surface area (Å²) < 4.78 is 5.69. The molecule has 1 N–H and O–H groups in total. The summed E-state index contributed by atoms with van der Waals surface area (Å²) in [6.07, 6.45) is 3.76. The molecule has 0 radical (unpaired) electrons. The fraction of sp³-hybridized carbons (Fsp3) is 0.368. The number of pyridine rings is 1. The molecule has 5 heteroatoms. The Morgan fingerprint density at radius 2 is 1.92 bits per heavy atom. The van der Waals surface area contributed by atoms with Crippen molar-refractivity contribution in [1.82, 2.24) is 9.88 Å². The molecule has 126 valence electrons. The van der Waals surface area contributed by atoms with Gasteiger partial charge >= 0.3 is 0 Å². The first-order valence-electron chi connectivity index (χ1n) is 8.29. The Morgan fingerprint density at radius 3 is 2.54 bits per heavy atom. The van der Waals surface area contributed by atoms with E-state index >= 15 is 0 Å². The molecule has 1 aliphatic heterocycles. The molecule has 2 aromatic rings. The van der Waals surface area contributed by atoms with Gasteiger partial charge in [-0.2, -0.15) is 0 Å². The fourth-order valence-corrected chi connectivity index (χ4v) is 2.96. The minimum Gasteiger partial charge on any atom is -0.381 e. The van der Waals surface area contributed by atoms with Crippen LogP contribution in [0.1, 0.15) is 29.8 Å². The van der Waals surface area contributed by atoms with E-state index in [1.807, 2.05) is 61.3 Å². The first-order valence-corrected chi connectivity index (χ1v) is 8.29. The van der Waals surface area contributed by atoms with E-state index in [1.165, 1.54) is 0 Å². The summed E-state index contributed by atoms with van der Waals surface area (Å²) in [4.78, 5) is 18.6. The van der Waals surface area contributed by atoms with Crippen LogP contribution in [0.3, 0.4) is 0 Å². The van der Waals surface area contributed by atoms with Gasteiger partial charge in [0.15, 0.2) is 0 Å². The van der Waals surface area contributed by atoms with E-state index in [2.05, 4.69) is 10.3 Å². The predicted molar refractivity (Wildman–Crippen MR) is 93.9 cm³/mol. The van der Waals surface area contributed by atoms with Crippen molar-refractivity contribution in [2.45, 2.75) is 32.6 Å². The van der Waals surface area contributed by atoms with E-state index in [0.717, 1.165) is 11.3 Å². The summed E-state index contributed by atoms with van der Waals surface area (Å²) in [7, 11) is 0. The quantitative estimate of drug-likeness (QED) is 0.939. The zero-order valence-electron chi connectivity index (χ0n) is 14.1. The van der Waals surface area contributed by atoms with Crippen molar-refractivity contribution in [1.29, 1.82) is 0 Å². The monoisotopic (exact) mass is 325 g/mol. The van der Waals surface area contributed by atoms with Gasteiger partial charge in [-0.15, -0.1) is 0 Å². The highest BCUT2D eigenvalue weighted by Gasteiger charge is 2.26. The summed E-state index contributed by atoms with van der Waals surface area (Å²) >= 11 is 0. The number of aromatic nitrogens is 1. The van der Waals surface area contributed by atoms with E-state index in [0.29, 0.717) is 25.2 Å². The number of anilines is 1. The number of ether oxygens (including phenoxy) is 1. The number of benzene rings is 1. The van der Waals surface area contributed by atoms with Gasteiger partial charge in [-0.1, -0.05) is 6.07 Å². The van der Waals surface area contributed by atoms with Crippen LogP contribution in [0, 0.1) is 0 Å². The van der Waals surface area contributed by atoms with Crippen LogP contribution in [0.5, 0.6) is 0 Å².